The Bertz CT molecular complexity index is 438. The average Bonchev–Trinajstić information content (AvgIpc) is 2.30. The lowest BCUT2D eigenvalue weighted by molar-refractivity contribution is -0.142. The average molecular weight is 233 g/mol. The van der Waals surface area contributed by atoms with Crippen molar-refractivity contribution in [3.8, 4) is 0 Å². The number of carbonyl (C=O) groups excluding carboxylic acids is 2. The van der Waals surface area contributed by atoms with Crippen molar-refractivity contribution >= 4 is 18.0 Å². The van der Waals surface area contributed by atoms with E-state index in [-0.39, 0.29) is 12.4 Å². The van der Waals surface area contributed by atoms with Crippen LogP contribution in [0, 0.1) is 0 Å². The van der Waals surface area contributed by atoms with E-state index in [0.717, 1.165) is 5.56 Å². The molecule has 0 aliphatic carbocycles. The summed E-state index contributed by atoms with van der Waals surface area (Å²) in [5, 5.41) is 0. The van der Waals surface area contributed by atoms with Gasteiger partial charge in [0.05, 0.1) is 13.0 Å². The van der Waals surface area contributed by atoms with Crippen molar-refractivity contribution in [1.82, 2.24) is 0 Å². The van der Waals surface area contributed by atoms with Crippen molar-refractivity contribution in [3.05, 3.63) is 41.5 Å². The van der Waals surface area contributed by atoms with E-state index in [0.29, 0.717) is 12.2 Å². The molecule has 2 N–H and O–H groups in total. The zero-order chi connectivity index (χ0) is 12.7. The van der Waals surface area contributed by atoms with Crippen LogP contribution >= 0.6 is 0 Å². The van der Waals surface area contributed by atoms with Crippen molar-refractivity contribution in [2.75, 3.05) is 6.61 Å². The van der Waals surface area contributed by atoms with Crippen LogP contribution in [0.1, 0.15) is 29.3 Å². The Kier molecular flexibility index (Phi) is 4.94. The molecule has 0 bridgehead atoms. The lowest BCUT2D eigenvalue weighted by Gasteiger charge is -1.98. The van der Waals surface area contributed by atoms with Gasteiger partial charge in [0.1, 0.15) is 0 Å². The zero-order valence-corrected chi connectivity index (χ0v) is 9.68. The highest BCUT2D eigenvalue weighted by atomic mass is 16.5. The molecule has 0 aliphatic rings. The van der Waals surface area contributed by atoms with Crippen molar-refractivity contribution in [2.24, 2.45) is 5.73 Å². The van der Waals surface area contributed by atoms with Gasteiger partial charge in [-0.15, -0.1) is 0 Å². The largest absolute Gasteiger partial charge is 0.466 e. The predicted octanol–water partition coefficient (Wildman–Crippen LogP) is 1.75. The van der Waals surface area contributed by atoms with Crippen LogP contribution in [-0.4, -0.2) is 18.5 Å². The van der Waals surface area contributed by atoms with Gasteiger partial charge < -0.3 is 10.5 Å². The lowest BCUT2D eigenvalue weighted by atomic mass is 10.1. The molecule has 0 aliphatic heterocycles. The first kappa shape index (κ1) is 13.0. The maximum absolute atomic E-state index is 11.1. The third kappa shape index (κ3) is 4.51. The van der Waals surface area contributed by atoms with Gasteiger partial charge in [0.2, 0.25) is 5.91 Å². The first-order valence-electron chi connectivity index (χ1n) is 5.35. The summed E-state index contributed by atoms with van der Waals surface area (Å²) in [6.07, 6.45) is 3.66. The van der Waals surface area contributed by atoms with Crippen LogP contribution in [0.25, 0.3) is 6.08 Å². The molecule has 0 fully saturated rings. The van der Waals surface area contributed by atoms with Crippen LogP contribution in [-0.2, 0) is 9.53 Å². The predicted molar refractivity (Wildman–Crippen MR) is 65.2 cm³/mol. The number of hydrogen-bond acceptors (Lipinski definition) is 3. The Morgan fingerprint density at radius 3 is 2.82 bits per heavy atom. The third-order valence-corrected chi connectivity index (χ3v) is 2.07. The molecule has 0 saturated heterocycles. The molecule has 90 valence electrons. The fourth-order valence-corrected chi connectivity index (χ4v) is 1.31. The second-order valence-electron chi connectivity index (χ2n) is 3.40. The van der Waals surface area contributed by atoms with Crippen molar-refractivity contribution in [2.45, 2.75) is 13.3 Å². The Labute approximate surface area is 100 Å². The fourth-order valence-electron chi connectivity index (χ4n) is 1.31. The lowest BCUT2D eigenvalue weighted by Crippen LogP contribution is -2.10. The molecule has 17 heavy (non-hydrogen) atoms. The van der Waals surface area contributed by atoms with E-state index >= 15 is 0 Å². The van der Waals surface area contributed by atoms with E-state index in [1.807, 2.05) is 6.07 Å². The number of rotatable bonds is 5. The van der Waals surface area contributed by atoms with E-state index in [9.17, 15) is 9.59 Å². The molecule has 0 aromatic heterocycles. The zero-order valence-electron chi connectivity index (χ0n) is 9.68. The Balaban J connectivity index is 2.62. The van der Waals surface area contributed by atoms with Crippen LogP contribution in [0.3, 0.4) is 0 Å². The summed E-state index contributed by atoms with van der Waals surface area (Å²) < 4.78 is 4.78. The molecule has 1 aromatic carbocycles. The van der Waals surface area contributed by atoms with Gasteiger partial charge in [-0.05, 0) is 24.6 Å². The van der Waals surface area contributed by atoms with E-state index < -0.39 is 5.91 Å². The monoisotopic (exact) mass is 233 g/mol. The highest BCUT2D eigenvalue weighted by Gasteiger charge is 2.00. The van der Waals surface area contributed by atoms with Gasteiger partial charge in [0.15, 0.2) is 0 Å². The molecule has 0 saturated carbocycles. The normalized spacial score (nSPS) is 10.4. The van der Waals surface area contributed by atoms with Gasteiger partial charge in [-0.3, -0.25) is 9.59 Å². The van der Waals surface area contributed by atoms with Gasteiger partial charge in [-0.1, -0.05) is 24.3 Å². The number of esters is 1. The number of carbonyl (C=O) groups is 2. The second kappa shape index (κ2) is 6.48. The minimum atomic E-state index is -0.467. The standard InChI is InChI=1S/C13H15NO3/c1-2-17-12(15)8-4-6-10-5-3-7-11(9-10)13(14)16/h3-7,9H,2,8H2,1H3,(H2,14,16). The van der Waals surface area contributed by atoms with E-state index in [1.54, 1.807) is 37.3 Å². The van der Waals surface area contributed by atoms with Crippen molar-refractivity contribution < 1.29 is 14.3 Å². The molecular weight excluding hydrogens is 218 g/mol. The van der Waals surface area contributed by atoms with Gasteiger partial charge in [0, 0.05) is 5.56 Å². The molecule has 1 aromatic rings. The quantitative estimate of drug-likeness (QED) is 0.788. The van der Waals surface area contributed by atoms with Crippen LogP contribution in [0.15, 0.2) is 30.3 Å². The van der Waals surface area contributed by atoms with E-state index in [4.69, 9.17) is 10.5 Å². The highest BCUT2D eigenvalue weighted by molar-refractivity contribution is 5.93. The van der Waals surface area contributed by atoms with Crippen molar-refractivity contribution in [1.29, 1.82) is 0 Å². The summed E-state index contributed by atoms with van der Waals surface area (Å²) >= 11 is 0. The first-order valence-corrected chi connectivity index (χ1v) is 5.35. The maximum atomic E-state index is 11.1. The number of benzene rings is 1. The SMILES string of the molecule is CCOC(=O)CC=Cc1cccc(C(N)=O)c1. The molecule has 0 spiro atoms. The molecule has 0 radical (unpaired) electrons. The summed E-state index contributed by atoms with van der Waals surface area (Å²) in [5.74, 6) is -0.736. The minimum absolute atomic E-state index is 0.217. The van der Waals surface area contributed by atoms with Gasteiger partial charge in [0.25, 0.3) is 0 Å². The Morgan fingerprint density at radius 2 is 2.18 bits per heavy atom. The smallest absolute Gasteiger partial charge is 0.309 e. The number of nitrogens with two attached hydrogens (primary N) is 1. The van der Waals surface area contributed by atoms with Gasteiger partial charge in [-0.25, -0.2) is 0 Å². The van der Waals surface area contributed by atoms with Crippen LogP contribution in [0.5, 0.6) is 0 Å². The molecule has 1 amide bonds. The molecule has 0 atom stereocenters. The van der Waals surface area contributed by atoms with Crippen LogP contribution in [0.4, 0.5) is 0 Å². The van der Waals surface area contributed by atoms with Gasteiger partial charge in [-0.2, -0.15) is 0 Å². The molecule has 1 rings (SSSR count). The Morgan fingerprint density at radius 1 is 1.41 bits per heavy atom. The maximum Gasteiger partial charge on any atom is 0.309 e. The summed E-state index contributed by atoms with van der Waals surface area (Å²) in [6, 6.07) is 6.88. The van der Waals surface area contributed by atoms with Gasteiger partial charge >= 0.3 is 5.97 Å². The summed E-state index contributed by atoms with van der Waals surface area (Å²) in [7, 11) is 0. The fraction of sp³-hybridized carbons (Fsp3) is 0.231. The summed E-state index contributed by atoms with van der Waals surface area (Å²) in [5.41, 5.74) is 6.43. The Hall–Kier alpha value is -2.10. The topological polar surface area (TPSA) is 69.4 Å². The number of hydrogen-bond donors (Lipinski definition) is 1. The number of primary amides is 1. The number of amides is 1. The molecule has 4 heteroatoms. The first-order chi connectivity index (χ1) is 8.13. The molecule has 4 nitrogen and oxygen atoms in total. The van der Waals surface area contributed by atoms with Crippen LogP contribution in [0.2, 0.25) is 0 Å². The van der Waals surface area contributed by atoms with Crippen LogP contribution < -0.4 is 5.73 Å². The molecule has 0 heterocycles. The summed E-state index contributed by atoms with van der Waals surface area (Å²) in [4.78, 5) is 22.0. The number of ether oxygens (including phenoxy) is 1. The van der Waals surface area contributed by atoms with E-state index in [1.165, 1.54) is 0 Å². The molecular formula is C13H15NO3. The van der Waals surface area contributed by atoms with Crippen molar-refractivity contribution in [3.63, 3.8) is 0 Å². The van der Waals surface area contributed by atoms with E-state index in [2.05, 4.69) is 0 Å². The highest BCUT2D eigenvalue weighted by Crippen LogP contribution is 2.07. The third-order valence-electron chi connectivity index (χ3n) is 2.07. The molecule has 0 unspecified atom stereocenters. The summed E-state index contributed by atoms with van der Waals surface area (Å²) in [6.45, 7) is 2.14. The second-order valence-corrected chi connectivity index (χ2v) is 3.40. The minimum Gasteiger partial charge on any atom is -0.466 e.